The van der Waals surface area contributed by atoms with Gasteiger partial charge in [-0.3, -0.25) is 0 Å². The number of nitrogens with zero attached hydrogens (tertiary/aromatic N) is 1. The fourth-order valence-corrected chi connectivity index (χ4v) is 1.49. The lowest BCUT2D eigenvalue weighted by Crippen LogP contribution is -2.01. The maximum Gasteiger partial charge on any atom is 0.129 e. The number of halogens is 1. The molecule has 0 fully saturated rings. The second-order valence-electron chi connectivity index (χ2n) is 3.33. The number of aromatic nitrogens is 1. The van der Waals surface area contributed by atoms with E-state index >= 15 is 0 Å². The summed E-state index contributed by atoms with van der Waals surface area (Å²) in [5.41, 5.74) is 2.06. The molecule has 1 heterocycles. The summed E-state index contributed by atoms with van der Waals surface area (Å²) in [5.74, 6) is 0. The van der Waals surface area contributed by atoms with Crippen molar-refractivity contribution in [3.8, 4) is 0 Å². The lowest BCUT2D eigenvalue weighted by atomic mass is 10.1. The molecule has 1 atom stereocenters. The van der Waals surface area contributed by atoms with E-state index in [1.54, 1.807) is 6.92 Å². The molecule has 0 bridgehead atoms. The molecule has 2 nitrogen and oxygen atoms in total. The fourth-order valence-electron chi connectivity index (χ4n) is 1.22. The quantitative estimate of drug-likeness (QED) is 0.759. The second-order valence-corrected chi connectivity index (χ2v) is 3.71. The molecule has 0 aromatic carbocycles. The molecule has 1 N–H and O–H groups in total. The van der Waals surface area contributed by atoms with Crippen LogP contribution in [-0.4, -0.2) is 16.2 Å². The zero-order chi connectivity index (χ0) is 9.84. The van der Waals surface area contributed by atoms with Crippen LogP contribution in [0.1, 0.15) is 24.6 Å². The van der Waals surface area contributed by atoms with Gasteiger partial charge in [-0.15, -0.1) is 0 Å². The minimum Gasteiger partial charge on any atom is -0.393 e. The van der Waals surface area contributed by atoms with Gasteiger partial charge in [-0.25, -0.2) is 4.98 Å². The Bertz CT molecular complexity index is 266. The number of pyridine rings is 1. The van der Waals surface area contributed by atoms with Gasteiger partial charge in [0, 0.05) is 5.69 Å². The van der Waals surface area contributed by atoms with E-state index in [2.05, 4.69) is 4.98 Å². The van der Waals surface area contributed by atoms with Gasteiger partial charge in [0.15, 0.2) is 0 Å². The lowest BCUT2D eigenvalue weighted by molar-refractivity contribution is 0.185. The summed E-state index contributed by atoms with van der Waals surface area (Å²) in [6.07, 6.45) is 1.35. The first-order chi connectivity index (χ1) is 6.08. The van der Waals surface area contributed by atoms with Crippen molar-refractivity contribution < 1.29 is 5.11 Å². The average Bonchev–Trinajstić information content (AvgIpc) is 1.99. The Kier molecular flexibility index (Phi) is 3.70. The normalized spacial score (nSPS) is 12.9. The van der Waals surface area contributed by atoms with Gasteiger partial charge in [0.25, 0.3) is 0 Å². The lowest BCUT2D eigenvalue weighted by Gasteiger charge is -2.05. The van der Waals surface area contributed by atoms with Gasteiger partial charge in [-0.1, -0.05) is 11.6 Å². The van der Waals surface area contributed by atoms with Crippen LogP contribution < -0.4 is 0 Å². The highest BCUT2D eigenvalue weighted by Crippen LogP contribution is 2.12. The first-order valence-electron chi connectivity index (χ1n) is 4.39. The highest BCUT2D eigenvalue weighted by Gasteiger charge is 2.00. The molecular formula is C10H14ClNO. The topological polar surface area (TPSA) is 33.1 Å². The summed E-state index contributed by atoms with van der Waals surface area (Å²) in [5, 5.41) is 9.63. The molecule has 1 aromatic heterocycles. The highest BCUT2D eigenvalue weighted by atomic mass is 35.5. The Hall–Kier alpha value is -0.600. The molecule has 0 radical (unpaired) electrons. The van der Waals surface area contributed by atoms with Gasteiger partial charge >= 0.3 is 0 Å². The summed E-state index contributed by atoms with van der Waals surface area (Å²) in [7, 11) is 0. The van der Waals surface area contributed by atoms with Crippen LogP contribution in [0.2, 0.25) is 5.15 Å². The third kappa shape index (κ3) is 3.75. The molecule has 1 unspecified atom stereocenters. The van der Waals surface area contributed by atoms with Gasteiger partial charge in [0.05, 0.1) is 6.10 Å². The number of aliphatic hydroxyl groups is 1. The number of hydrogen-bond acceptors (Lipinski definition) is 2. The Labute approximate surface area is 83.6 Å². The minimum atomic E-state index is -0.257. The molecule has 1 rings (SSSR count). The van der Waals surface area contributed by atoms with E-state index in [0.717, 1.165) is 24.1 Å². The number of rotatable bonds is 3. The zero-order valence-electron chi connectivity index (χ0n) is 7.92. The monoisotopic (exact) mass is 199 g/mol. The average molecular weight is 200 g/mol. The Morgan fingerprint density at radius 1 is 1.54 bits per heavy atom. The zero-order valence-corrected chi connectivity index (χ0v) is 8.67. The summed E-state index contributed by atoms with van der Waals surface area (Å²) < 4.78 is 0. The maximum atomic E-state index is 9.10. The van der Waals surface area contributed by atoms with E-state index in [4.69, 9.17) is 16.7 Å². The summed E-state index contributed by atoms with van der Waals surface area (Å²) in [4.78, 5) is 4.06. The number of aryl methyl sites for hydroxylation is 2. The molecule has 1 aromatic rings. The van der Waals surface area contributed by atoms with E-state index in [1.165, 1.54) is 0 Å². The molecule has 72 valence electrons. The highest BCUT2D eigenvalue weighted by molar-refractivity contribution is 6.29. The summed E-state index contributed by atoms with van der Waals surface area (Å²) in [6, 6.07) is 3.84. The molecule has 0 saturated heterocycles. The first-order valence-corrected chi connectivity index (χ1v) is 4.77. The first kappa shape index (κ1) is 10.5. The van der Waals surface area contributed by atoms with E-state index in [1.807, 2.05) is 19.1 Å². The molecule has 0 spiro atoms. The maximum absolute atomic E-state index is 9.10. The Balaban J connectivity index is 2.66. The van der Waals surface area contributed by atoms with Crippen LogP contribution in [0.3, 0.4) is 0 Å². The summed E-state index contributed by atoms with van der Waals surface area (Å²) >= 11 is 5.79. The van der Waals surface area contributed by atoms with E-state index in [0.29, 0.717) is 5.15 Å². The van der Waals surface area contributed by atoms with Gasteiger partial charge in [-0.2, -0.15) is 0 Å². The van der Waals surface area contributed by atoms with Crippen LogP contribution in [0.25, 0.3) is 0 Å². The molecule has 0 amide bonds. The SMILES string of the molecule is Cc1cc(CCC(C)O)cc(Cl)n1. The van der Waals surface area contributed by atoms with Crippen molar-refractivity contribution >= 4 is 11.6 Å². The molecular weight excluding hydrogens is 186 g/mol. The molecule has 0 aliphatic heterocycles. The van der Waals surface area contributed by atoms with Gasteiger partial charge in [-0.05, 0) is 44.4 Å². The van der Waals surface area contributed by atoms with Crippen LogP contribution in [0.4, 0.5) is 0 Å². The van der Waals surface area contributed by atoms with Crippen LogP contribution >= 0.6 is 11.6 Å². The van der Waals surface area contributed by atoms with Crippen molar-refractivity contribution in [2.24, 2.45) is 0 Å². The third-order valence-corrected chi connectivity index (χ3v) is 2.03. The standard InChI is InChI=1S/C10H14ClNO/c1-7-5-9(4-3-8(2)13)6-10(11)12-7/h5-6,8,13H,3-4H2,1-2H3. The smallest absolute Gasteiger partial charge is 0.129 e. The van der Waals surface area contributed by atoms with Crippen molar-refractivity contribution in [1.82, 2.24) is 4.98 Å². The van der Waals surface area contributed by atoms with Crippen LogP contribution in [0.5, 0.6) is 0 Å². The van der Waals surface area contributed by atoms with Crippen molar-refractivity contribution in [2.75, 3.05) is 0 Å². The minimum absolute atomic E-state index is 0.257. The molecule has 0 aliphatic rings. The Morgan fingerprint density at radius 2 is 2.23 bits per heavy atom. The Morgan fingerprint density at radius 3 is 2.77 bits per heavy atom. The van der Waals surface area contributed by atoms with E-state index in [9.17, 15) is 0 Å². The third-order valence-electron chi connectivity index (χ3n) is 1.83. The summed E-state index contributed by atoms with van der Waals surface area (Å²) in [6.45, 7) is 3.70. The fraction of sp³-hybridized carbons (Fsp3) is 0.500. The van der Waals surface area contributed by atoms with Crippen LogP contribution in [0, 0.1) is 6.92 Å². The van der Waals surface area contributed by atoms with Crippen molar-refractivity contribution in [2.45, 2.75) is 32.8 Å². The van der Waals surface area contributed by atoms with Crippen LogP contribution in [0.15, 0.2) is 12.1 Å². The number of hydrogen-bond donors (Lipinski definition) is 1. The van der Waals surface area contributed by atoms with E-state index in [-0.39, 0.29) is 6.10 Å². The van der Waals surface area contributed by atoms with Gasteiger partial charge in [0.2, 0.25) is 0 Å². The molecule has 0 saturated carbocycles. The predicted molar refractivity (Wildman–Crippen MR) is 54.0 cm³/mol. The second kappa shape index (κ2) is 4.58. The predicted octanol–water partition coefficient (Wildman–Crippen LogP) is 2.36. The number of aliphatic hydroxyl groups excluding tert-OH is 1. The van der Waals surface area contributed by atoms with E-state index < -0.39 is 0 Å². The largest absolute Gasteiger partial charge is 0.393 e. The van der Waals surface area contributed by atoms with Gasteiger partial charge < -0.3 is 5.11 Å². The molecule has 3 heteroatoms. The van der Waals surface area contributed by atoms with Crippen molar-refractivity contribution in [3.05, 3.63) is 28.5 Å². The van der Waals surface area contributed by atoms with Crippen molar-refractivity contribution in [1.29, 1.82) is 0 Å². The van der Waals surface area contributed by atoms with Gasteiger partial charge in [0.1, 0.15) is 5.15 Å². The van der Waals surface area contributed by atoms with Crippen LogP contribution in [-0.2, 0) is 6.42 Å². The molecule has 0 aliphatic carbocycles. The molecule has 13 heavy (non-hydrogen) atoms. The van der Waals surface area contributed by atoms with Crippen molar-refractivity contribution in [3.63, 3.8) is 0 Å².